The molecule has 2 spiro atoms. The van der Waals surface area contributed by atoms with E-state index in [1.165, 1.54) is 75.8 Å². The minimum atomic E-state index is -0.634. The van der Waals surface area contributed by atoms with Gasteiger partial charge in [-0.15, -0.1) is 11.3 Å². The molecule has 0 saturated carbocycles. The highest BCUT2D eigenvalue weighted by Gasteiger charge is 2.53. The van der Waals surface area contributed by atoms with Gasteiger partial charge in [0.1, 0.15) is 23.0 Å². The molecular weight excluding hydrogens is 967 g/mol. The van der Waals surface area contributed by atoms with Crippen molar-refractivity contribution in [3.63, 3.8) is 0 Å². The summed E-state index contributed by atoms with van der Waals surface area (Å²) < 4.78 is 16.1. The zero-order valence-corrected chi connectivity index (χ0v) is 42.9. The second kappa shape index (κ2) is 16.4. The van der Waals surface area contributed by atoms with Crippen molar-refractivity contribution in [2.24, 2.45) is 0 Å². The molecule has 2 aliphatic carbocycles. The third-order valence-corrected chi connectivity index (χ3v) is 18.4. The molecule has 364 valence electrons. The van der Waals surface area contributed by atoms with Crippen molar-refractivity contribution in [1.29, 1.82) is 0 Å². The number of nitrogens with one attached hydrogen (secondary N) is 1. The minimum absolute atomic E-state index is 0.543. The molecule has 0 atom stereocenters. The Bertz CT molecular complexity index is 4590. The van der Waals surface area contributed by atoms with Crippen LogP contribution in [0.4, 0.5) is 11.4 Å². The molecule has 4 aliphatic rings. The van der Waals surface area contributed by atoms with E-state index in [1.54, 1.807) is 0 Å². The Hall–Kier alpha value is -9.74. The van der Waals surface area contributed by atoms with E-state index in [0.29, 0.717) is 0 Å². The molecule has 0 amide bonds. The standard InChI is InChI=1S/C74H45NO2S/c1-5-21-56-51(18-1)54-44-48(37-40-58(54)73(56)59-23-7-12-28-65(59)76-66-29-13-8-24-60(66)73)49-17-3-11-27-64(49)75-72-50(46-35-33-45(34-36-46)47-38-42-70-55(43-47)52-19-4-16-32-69(52)78-70)39-41-63-71(72)53-20-2-6-22-57(53)74(63)61-25-9-14-30-67(61)77-68-31-15-10-26-62(68)74/h1-44,75H. The van der Waals surface area contributed by atoms with E-state index < -0.39 is 10.8 Å². The summed E-state index contributed by atoms with van der Waals surface area (Å²) in [7, 11) is 0. The maximum absolute atomic E-state index is 6.77. The van der Waals surface area contributed by atoms with Crippen LogP contribution < -0.4 is 14.8 Å². The van der Waals surface area contributed by atoms with Crippen LogP contribution in [0.25, 0.3) is 75.8 Å². The van der Waals surface area contributed by atoms with Gasteiger partial charge in [0.2, 0.25) is 0 Å². The van der Waals surface area contributed by atoms with Crippen LogP contribution in [0.2, 0.25) is 0 Å². The van der Waals surface area contributed by atoms with Crippen molar-refractivity contribution in [2.45, 2.75) is 10.8 Å². The SMILES string of the molecule is c1ccc(-c2ccc3c(c2)-c2ccccc2C32c3ccccc3Oc3ccccc32)c(Nc2c(-c3ccc(-c4ccc5sc6ccccc6c5c4)cc3)ccc3c2-c2ccccc2C32c3ccccc3Oc3ccccc32)c1. The summed E-state index contributed by atoms with van der Waals surface area (Å²) in [5.41, 5.74) is 22.2. The van der Waals surface area contributed by atoms with Crippen molar-refractivity contribution < 1.29 is 9.47 Å². The Morgan fingerprint density at radius 2 is 0.744 bits per heavy atom. The van der Waals surface area contributed by atoms with Gasteiger partial charge in [0, 0.05) is 64.8 Å². The zero-order valence-electron chi connectivity index (χ0n) is 42.1. The lowest BCUT2D eigenvalue weighted by atomic mass is 9.66. The predicted octanol–water partition coefficient (Wildman–Crippen LogP) is 19.7. The molecule has 3 nitrogen and oxygen atoms in total. The number of ether oxygens (including phenoxy) is 2. The quantitative estimate of drug-likeness (QED) is 0.186. The lowest BCUT2D eigenvalue weighted by Crippen LogP contribution is -2.32. The number of thiophene rings is 1. The van der Waals surface area contributed by atoms with Crippen molar-refractivity contribution in [3.8, 4) is 78.6 Å². The van der Waals surface area contributed by atoms with E-state index in [4.69, 9.17) is 9.47 Å². The molecule has 2 aliphatic heterocycles. The molecule has 0 saturated heterocycles. The molecule has 0 radical (unpaired) electrons. The summed E-state index contributed by atoms with van der Waals surface area (Å²) in [5, 5.41) is 6.86. The molecule has 17 rings (SSSR count). The van der Waals surface area contributed by atoms with Crippen LogP contribution in [0.15, 0.2) is 267 Å². The smallest absolute Gasteiger partial charge is 0.132 e. The first-order valence-corrected chi connectivity index (χ1v) is 27.6. The van der Waals surface area contributed by atoms with E-state index >= 15 is 0 Å². The zero-order chi connectivity index (χ0) is 51.1. The number of hydrogen-bond donors (Lipinski definition) is 1. The second-order valence-electron chi connectivity index (χ2n) is 21.0. The summed E-state index contributed by atoms with van der Waals surface area (Å²) in [5.74, 6) is 3.53. The van der Waals surface area contributed by atoms with Gasteiger partial charge < -0.3 is 14.8 Å². The van der Waals surface area contributed by atoms with Crippen molar-refractivity contribution in [2.75, 3.05) is 5.32 Å². The maximum Gasteiger partial charge on any atom is 0.132 e. The van der Waals surface area contributed by atoms with Crippen molar-refractivity contribution in [1.82, 2.24) is 0 Å². The largest absolute Gasteiger partial charge is 0.457 e. The summed E-state index contributed by atoms with van der Waals surface area (Å²) in [6.45, 7) is 0. The highest BCUT2D eigenvalue weighted by Crippen LogP contribution is 2.65. The van der Waals surface area contributed by atoms with Crippen LogP contribution in [0.1, 0.15) is 44.5 Å². The molecule has 0 fully saturated rings. The number of benzene rings is 12. The topological polar surface area (TPSA) is 30.5 Å². The molecule has 0 bridgehead atoms. The van der Waals surface area contributed by atoms with E-state index in [9.17, 15) is 0 Å². The van der Waals surface area contributed by atoms with Gasteiger partial charge in [0.15, 0.2) is 0 Å². The van der Waals surface area contributed by atoms with Crippen LogP contribution in [-0.2, 0) is 10.8 Å². The summed E-state index contributed by atoms with van der Waals surface area (Å²) in [6.07, 6.45) is 0. The molecule has 13 aromatic rings. The summed E-state index contributed by atoms with van der Waals surface area (Å²) in [4.78, 5) is 0. The molecule has 4 heteroatoms. The Morgan fingerprint density at radius 1 is 0.282 bits per heavy atom. The van der Waals surface area contributed by atoms with Crippen LogP contribution in [-0.4, -0.2) is 0 Å². The fraction of sp³-hybridized carbons (Fsp3) is 0.0270. The minimum Gasteiger partial charge on any atom is -0.457 e. The summed E-state index contributed by atoms with van der Waals surface area (Å²) in [6, 6.07) is 98.0. The lowest BCUT2D eigenvalue weighted by molar-refractivity contribution is 0.436. The van der Waals surface area contributed by atoms with Crippen LogP contribution in [0.3, 0.4) is 0 Å². The van der Waals surface area contributed by atoms with Crippen molar-refractivity contribution in [3.05, 3.63) is 311 Å². The maximum atomic E-state index is 6.77. The summed E-state index contributed by atoms with van der Waals surface area (Å²) >= 11 is 1.86. The monoisotopic (exact) mass is 1010 g/mol. The number of fused-ring (bicyclic) bond motifs is 21. The van der Waals surface area contributed by atoms with Crippen LogP contribution in [0, 0.1) is 0 Å². The second-order valence-corrected chi connectivity index (χ2v) is 22.1. The van der Waals surface area contributed by atoms with Crippen LogP contribution in [0.5, 0.6) is 23.0 Å². The molecule has 3 heterocycles. The van der Waals surface area contributed by atoms with Gasteiger partial charge in [0.25, 0.3) is 0 Å². The van der Waals surface area contributed by atoms with E-state index in [1.807, 2.05) is 11.3 Å². The third kappa shape index (κ3) is 5.87. The Labute approximate surface area is 455 Å². The van der Waals surface area contributed by atoms with E-state index in [0.717, 1.165) is 78.9 Å². The number of para-hydroxylation sites is 5. The molecule has 0 unspecified atom stereocenters. The van der Waals surface area contributed by atoms with E-state index in [-0.39, 0.29) is 0 Å². The molecular formula is C74H45NO2S. The highest BCUT2D eigenvalue weighted by atomic mass is 32.1. The first kappa shape index (κ1) is 43.5. The van der Waals surface area contributed by atoms with E-state index in [2.05, 4.69) is 272 Å². The average Bonchev–Trinajstić information content (AvgIpc) is 4.20. The molecule has 78 heavy (non-hydrogen) atoms. The Kier molecular flexibility index (Phi) is 9.14. The van der Waals surface area contributed by atoms with Gasteiger partial charge in [-0.1, -0.05) is 212 Å². The predicted molar refractivity (Wildman–Crippen MR) is 320 cm³/mol. The van der Waals surface area contributed by atoms with Gasteiger partial charge >= 0.3 is 0 Å². The fourth-order valence-electron chi connectivity index (χ4n) is 14.1. The van der Waals surface area contributed by atoms with Gasteiger partial charge in [0.05, 0.1) is 16.5 Å². The highest BCUT2D eigenvalue weighted by molar-refractivity contribution is 7.25. The molecule has 1 aromatic heterocycles. The number of hydrogen-bond acceptors (Lipinski definition) is 4. The van der Waals surface area contributed by atoms with Crippen LogP contribution >= 0.6 is 11.3 Å². The average molecular weight is 1010 g/mol. The normalized spacial score (nSPS) is 14.1. The third-order valence-electron chi connectivity index (χ3n) is 17.3. The number of rotatable bonds is 5. The van der Waals surface area contributed by atoms with Gasteiger partial charge in [-0.05, 0) is 116 Å². The Balaban J connectivity index is 0.866. The Morgan fingerprint density at radius 3 is 1.41 bits per heavy atom. The van der Waals surface area contributed by atoms with Gasteiger partial charge in [-0.3, -0.25) is 0 Å². The fourth-order valence-corrected chi connectivity index (χ4v) is 15.2. The molecule has 1 N–H and O–H groups in total. The van der Waals surface area contributed by atoms with Gasteiger partial charge in [-0.25, -0.2) is 0 Å². The number of anilines is 2. The lowest BCUT2D eigenvalue weighted by Gasteiger charge is -2.39. The first-order chi connectivity index (χ1) is 38.7. The first-order valence-electron chi connectivity index (χ1n) is 26.8. The molecule has 12 aromatic carbocycles. The van der Waals surface area contributed by atoms with Crippen molar-refractivity contribution >= 4 is 42.9 Å². The van der Waals surface area contributed by atoms with Gasteiger partial charge in [-0.2, -0.15) is 0 Å².